The van der Waals surface area contributed by atoms with Crippen LogP contribution >= 0.6 is 0 Å². The molecule has 198 valence electrons. The number of ether oxygens (including phenoxy) is 2. The molecule has 11 nitrogen and oxygen atoms in total. The van der Waals surface area contributed by atoms with Crippen LogP contribution < -0.4 is 0 Å². The number of fused-ring (bicyclic) bond motifs is 1. The topological polar surface area (TPSA) is 134 Å². The number of imidazole rings is 1. The van der Waals surface area contributed by atoms with Gasteiger partial charge in [0.2, 0.25) is 10.0 Å². The molecule has 0 bridgehead atoms. The second-order valence-corrected chi connectivity index (χ2v) is 10.7. The molecule has 0 saturated carbocycles. The minimum atomic E-state index is -3.65. The van der Waals surface area contributed by atoms with Crippen LogP contribution in [0.2, 0.25) is 0 Å². The predicted octanol–water partition coefficient (Wildman–Crippen LogP) is 3.44. The van der Waals surface area contributed by atoms with Gasteiger partial charge in [-0.3, -0.25) is 14.9 Å². The molecule has 4 rings (SSSR count). The Morgan fingerprint density at radius 1 is 1.16 bits per heavy atom. The zero-order valence-electron chi connectivity index (χ0n) is 20.7. The molecule has 37 heavy (non-hydrogen) atoms. The minimum absolute atomic E-state index is 0.0197. The van der Waals surface area contributed by atoms with Gasteiger partial charge >= 0.3 is 5.97 Å². The molecular formula is C25H30N4O7S. The molecule has 2 aromatic carbocycles. The van der Waals surface area contributed by atoms with Gasteiger partial charge in [-0.15, -0.1) is 0 Å². The third-order valence-corrected chi connectivity index (χ3v) is 8.14. The summed E-state index contributed by atoms with van der Waals surface area (Å²) in [6, 6.07) is 10.8. The molecule has 0 amide bonds. The van der Waals surface area contributed by atoms with Crippen molar-refractivity contribution in [2.24, 2.45) is 0 Å². The largest absolute Gasteiger partial charge is 0.461 e. The molecule has 1 saturated heterocycles. The predicted molar refractivity (Wildman–Crippen MR) is 135 cm³/mol. The van der Waals surface area contributed by atoms with Crippen molar-refractivity contribution < 1.29 is 27.6 Å². The molecular weight excluding hydrogens is 500 g/mol. The van der Waals surface area contributed by atoms with E-state index in [2.05, 4.69) is 11.9 Å². The van der Waals surface area contributed by atoms with E-state index in [1.54, 1.807) is 30.3 Å². The van der Waals surface area contributed by atoms with E-state index in [4.69, 9.17) is 9.47 Å². The SMILES string of the molecule is CCCCn1c(CCC(=O)OCc2ccc([N+](=O)[O-])cc2)nc2cc(S(=O)(=O)N3CCOCC3)ccc21. The van der Waals surface area contributed by atoms with Crippen molar-refractivity contribution in [2.45, 2.75) is 50.7 Å². The quantitative estimate of drug-likeness (QED) is 0.209. The summed E-state index contributed by atoms with van der Waals surface area (Å²) < 4.78 is 40.3. The zero-order valence-corrected chi connectivity index (χ0v) is 21.5. The number of nitro benzene ring substituents is 1. The van der Waals surface area contributed by atoms with E-state index in [-0.39, 0.29) is 23.6 Å². The lowest BCUT2D eigenvalue weighted by molar-refractivity contribution is -0.384. The van der Waals surface area contributed by atoms with Crippen molar-refractivity contribution in [1.82, 2.24) is 13.9 Å². The summed E-state index contributed by atoms with van der Waals surface area (Å²) in [6.45, 7) is 4.19. The van der Waals surface area contributed by atoms with Crippen molar-refractivity contribution in [3.05, 3.63) is 64.0 Å². The Kier molecular flexibility index (Phi) is 8.52. The standard InChI is InChI=1S/C25H30N4O7S/c1-2-3-12-28-23-9-8-21(37(33,34)27-13-15-35-16-14-27)17-22(23)26-24(28)10-11-25(30)36-18-19-4-6-20(7-5-19)29(31)32/h4-9,17H,2-3,10-16,18H2,1H3. The van der Waals surface area contributed by atoms with Gasteiger partial charge in [0.25, 0.3) is 5.69 Å². The number of hydrogen-bond donors (Lipinski definition) is 0. The molecule has 0 atom stereocenters. The summed E-state index contributed by atoms with van der Waals surface area (Å²) in [6.07, 6.45) is 2.32. The van der Waals surface area contributed by atoms with Gasteiger partial charge in [0.05, 0.1) is 40.5 Å². The summed E-state index contributed by atoms with van der Waals surface area (Å²) >= 11 is 0. The molecule has 2 heterocycles. The Morgan fingerprint density at radius 2 is 1.89 bits per heavy atom. The maximum Gasteiger partial charge on any atom is 0.306 e. The number of benzene rings is 2. The first-order chi connectivity index (χ1) is 17.8. The van der Waals surface area contributed by atoms with Gasteiger partial charge in [-0.1, -0.05) is 13.3 Å². The minimum Gasteiger partial charge on any atom is -0.461 e. The van der Waals surface area contributed by atoms with E-state index in [1.807, 2.05) is 4.57 Å². The van der Waals surface area contributed by atoms with E-state index in [0.29, 0.717) is 56.2 Å². The fourth-order valence-electron chi connectivity index (χ4n) is 4.18. The molecule has 0 unspecified atom stereocenters. The van der Waals surface area contributed by atoms with Crippen molar-refractivity contribution in [2.75, 3.05) is 26.3 Å². The molecule has 12 heteroatoms. The molecule has 1 aliphatic heterocycles. The molecule has 1 fully saturated rings. The number of aryl methyl sites for hydroxylation is 2. The number of nitrogens with zero attached hydrogens (tertiary/aromatic N) is 4. The van der Waals surface area contributed by atoms with Crippen molar-refractivity contribution >= 4 is 32.7 Å². The lowest BCUT2D eigenvalue weighted by atomic mass is 10.2. The number of esters is 1. The maximum atomic E-state index is 13.1. The van der Waals surface area contributed by atoms with E-state index >= 15 is 0 Å². The number of carbonyl (C=O) groups excluding carboxylic acids is 1. The Hall–Kier alpha value is -3.35. The number of non-ortho nitro benzene ring substituents is 1. The Bertz CT molecular complexity index is 1360. The molecule has 0 spiro atoms. The van der Waals surface area contributed by atoms with Gasteiger partial charge in [0, 0.05) is 38.2 Å². The van der Waals surface area contributed by atoms with Crippen LogP contribution in [0.4, 0.5) is 5.69 Å². The average Bonchev–Trinajstić information content (AvgIpc) is 3.26. The van der Waals surface area contributed by atoms with Gasteiger partial charge in [0.1, 0.15) is 12.4 Å². The van der Waals surface area contributed by atoms with Crippen LogP contribution in [0.25, 0.3) is 11.0 Å². The highest BCUT2D eigenvalue weighted by Gasteiger charge is 2.27. The number of morpholine rings is 1. The number of unbranched alkanes of at least 4 members (excludes halogenated alkanes) is 1. The van der Waals surface area contributed by atoms with Crippen LogP contribution in [0.15, 0.2) is 47.4 Å². The second kappa shape index (κ2) is 11.8. The maximum absolute atomic E-state index is 13.1. The van der Waals surface area contributed by atoms with Crippen LogP contribution in [-0.2, 0) is 43.9 Å². The van der Waals surface area contributed by atoms with Crippen molar-refractivity contribution in [3.8, 4) is 0 Å². The molecule has 0 aliphatic carbocycles. The average molecular weight is 531 g/mol. The lowest BCUT2D eigenvalue weighted by Gasteiger charge is -2.26. The molecule has 0 radical (unpaired) electrons. The van der Waals surface area contributed by atoms with Crippen molar-refractivity contribution in [3.63, 3.8) is 0 Å². The first kappa shape index (κ1) is 26.7. The first-order valence-electron chi connectivity index (χ1n) is 12.3. The van der Waals surface area contributed by atoms with Gasteiger partial charge in [-0.2, -0.15) is 4.31 Å². The number of hydrogen-bond acceptors (Lipinski definition) is 8. The van der Waals surface area contributed by atoms with Crippen LogP contribution in [0.3, 0.4) is 0 Å². The Labute approximate surface area is 215 Å². The van der Waals surface area contributed by atoms with Crippen LogP contribution in [0.5, 0.6) is 0 Å². The van der Waals surface area contributed by atoms with E-state index in [9.17, 15) is 23.3 Å². The number of aromatic nitrogens is 2. The lowest BCUT2D eigenvalue weighted by Crippen LogP contribution is -2.40. The zero-order chi connectivity index (χ0) is 26.4. The summed E-state index contributed by atoms with van der Waals surface area (Å²) in [5.74, 6) is 0.277. The number of nitro groups is 1. The van der Waals surface area contributed by atoms with E-state index < -0.39 is 20.9 Å². The normalized spacial score (nSPS) is 14.6. The highest BCUT2D eigenvalue weighted by molar-refractivity contribution is 7.89. The molecule has 1 aromatic heterocycles. The number of sulfonamides is 1. The van der Waals surface area contributed by atoms with Gasteiger partial charge in [-0.05, 0) is 42.3 Å². The highest BCUT2D eigenvalue weighted by atomic mass is 32.2. The number of carbonyl (C=O) groups is 1. The summed E-state index contributed by atoms with van der Waals surface area (Å²) in [5, 5.41) is 10.8. The second-order valence-electron chi connectivity index (χ2n) is 8.78. The van der Waals surface area contributed by atoms with Crippen LogP contribution in [0.1, 0.15) is 37.6 Å². The van der Waals surface area contributed by atoms with E-state index in [1.165, 1.54) is 16.4 Å². The molecule has 0 N–H and O–H groups in total. The van der Waals surface area contributed by atoms with Crippen LogP contribution in [-0.4, -0.2) is 59.5 Å². The molecule has 3 aromatic rings. The monoisotopic (exact) mass is 530 g/mol. The van der Waals surface area contributed by atoms with Crippen LogP contribution in [0, 0.1) is 10.1 Å². The Morgan fingerprint density at radius 3 is 2.57 bits per heavy atom. The molecule has 1 aliphatic rings. The third-order valence-electron chi connectivity index (χ3n) is 6.24. The summed E-state index contributed by atoms with van der Waals surface area (Å²) in [7, 11) is -3.65. The summed E-state index contributed by atoms with van der Waals surface area (Å²) in [5.41, 5.74) is 2.02. The van der Waals surface area contributed by atoms with Gasteiger partial charge in [0.15, 0.2) is 0 Å². The third kappa shape index (κ3) is 6.32. The Balaban J connectivity index is 1.47. The van der Waals surface area contributed by atoms with Gasteiger partial charge < -0.3 is 14.0 Å². The van der Waals surface area contributed by atoms with Crippen molar-refractivity contribution in [1.29, 1.82) is 0 Å². The highest BCUT2D eigenvalue weighted by Crippen LogP contribution is 2.25. The first-order valence-corrected chi connectivity index (χ1v) is 13.7. The smallest absolute Gasteiger partial charge is 0.306 e. The van der Waals surface area contributed by atoms with Gasteiger partial charge in [-0.25, -0.2) is 13.4 Å². The fraction of sp³-hybridized carbons (Fsp3) is 0.440. The number of rotatable bonds is 11. The fourth-order valence-corrected chi connectivity index (χ4v) is 5.60. The van der Waals surface area contributed by atoms with E-state index in [0.717, 1.165) is 18.4 Å². The summed E-state index contributed by atoms with van der Waals surface area (Å²) in [4.78, 5) is 27.6.